The van der Waals surface area contributed by atoms with E-state index in [4.69, 9.17) is 11.6 Å². The third-order valence-electron chi connectivity index (χ3n) is 1.93. The maximum atomic E-state index is 11.3. The summed E-state index contributed by atoms with van der Waals surface area (Å²) in [4.78, 5) is 15.4. The third-order valence-corrected chi connectivity index (χ3v) is 3.19. The summed E-state index contributed by atoms with van der Waals surface area (Å²) in [5.41, 5.74) is 0. The summed E-state index contributed by atoms with van der Waals surface area (Å²) in [5.74, 6) is 0.293. The van der Waals surface area contributed by atoms with E-state index in [1.165, 1.54) is 18.9 Å². The van der Waals surface area contributed by atoms with Crippen molar-refractivity contribution in [1.29, 1.82) is 0 Å². The second kappa shape index (κ2) is 6.73. The van der Waals surface area contributed by atoms with Crippen molar-refractivity contribution in [2.75, 3.05) is 19.9 Å². The van der Waals surface area contributed by atoms with Crippen LogP contribution in [0.2, 0.25) is 5.02 Å². The summed E-state index contributed by atoms with van der Waals surface area (Å²) in [5, 5.41) is 4.31. The number of methoxy groups -OCH3 is 1. The van der Waals surface area contributed by atoms with Gasteiger partial charge in [0.1, 0.15) is 6.04 Å². The highest BCUT2D eigenvalue weighted by molar-refractivity contribution is 7.99. The highest BCUT2D eigenvalue weighted by Gasteiger charge is 2.16. The lowest BCUT2D eigenvalue weighted by Gasteiger charge is -2.12. The second-order valence-corrected chi connectivity index (χ2v) is 4.47. The number of nitrogens with zero attached hydrogens (tertiary/aromatic N) is 1. The van der Waals surface area contributed by atoms with E-state index >= 15 is 0 Å². The minimum Gasteiger partial charge on any atom is -0.468 e. The molecule has 0 aliphatic rings. The number of esters is 1. The van der Waals surface area contributed by atoms with Gasteiger partial charge in [-0.1, -0.05) is 11.6 Å². The van der Waals surface area contributed by atoms with E-state index in [1.54, 1.807) is 19.3 Å². The van der Waals surface area contributed by atoms with Gasteiger partial charge in [-0.2, -0.15) is 0 Å². The lowest BCUT2D eigenvalue weighted by atomic mass is 10.3. The molecule has 0 radical (unpaired) electrons. The van der Waals surface area contributed by atoms with Crippen LogP contribution in [0, 0.1) is 0 Å². The normalized spacial score (nSPS) is 12.2. The number of likely N-dealkylation sites (N-methyl/N-ethyl adjacent to an activating group) is 1. The van der Waals surface area contributed by atoms with E-state index in [0.29, 0.717) is 10.8 Å². The number of hydrogen-bond acceptors (Lipinski definition) is 5. The Morgan fingerprint density at radius 3 is 2.94 bits per heavy atom. The fourth-order valence-electron chi connectivity index (χ4n) is 1.03. The number of ether oxygens (including phenoxy) is 1. The zero-order valence-corrected chi connectivity index (χ0v) is 10.6. The Bertz CT molecular complexity index is 345. The molecule has 16 heavy (non-hydrogen) atoms. The van der Waals surface area contributed by atoms with Gasteiger partial charge in [0, 0.05) is 11.9 Å². The maximum absolute atomic E-state index is 11.3. The van der Waals surface area contributed by atoms with Crippen molar-refractivity contribution in [2.45, 2.75) is 11.1 Å². The number of pyridine rings is 1. The zero-order chi connectivity index (χ0) is 12.0. The maximum Gasteiger partial charge on any atom is 0.323 e. The minimum atomic E-state index is -0.326. The van der Waals surface area contributed by atoms with E-state index < -0.39 is 0 Å². The van der Waals surface area contributed by atoms with E-state index in [1.807, 2.05) is 6.07 Å². The number of rotatable bonds is 5. The number of nitrogens with one attached hydrogen (secondary N) is 1. The molecule has 88 valence electrons. The quantitative estimate of drug-likeness (QED) is 0.644. The Morgan fingerprint density at radius 1 is 1.69 bits per heavy atom. The molecular formula is C10H13ClN2O2S. The molecule has 0 aliphatic carbocycles. The summed E-state index contributed by atoms with van der Waals surface area (Å²) in [7, 11) is 3.09. The van der Waals surface area contributed by atoms with Crippen LogP contribution in [0.3, 0.4) is 0 Å². The molecule has 1 heterocycles. The number of carbonyl (C=O) groups is 1. The Balaban J connectivity index is 2.49. The smallest absolute Gasteiger partial charge is 0.323 e. The largest absolute Gasteiger partial charge is 0.468 e. The first kappa shape index (κ1) is 13.3. The average molecular weight is 261 g/mol. The van der Waals surface area contributed by atoms with Crippen LogP contribution in [-0.2, 0) is 9.53 Å². The molecule has 0 aromatic carbocycles. The van der Waals surface area contributed by atoms with Gasteiger partial charge in [-0.3, -0.25) is 4.79 Å². The van der Waals surface area contributed by atoms with Crippen LogP contribution in [0.1, 0.15) is 0 Å². The van der Waals surface area contributed by atoms with E-state index in [-0.39, 0.29) is 12.0 Å². The summed E-state index contributed by atoms with van der Waals surface area (Å²) >= 11 is 7.19. The molecule has 1 N–H and O–H groups in total. The van der Waals surface area contributed by atoms with Crippen LogP contribution in [0.25, 0.3) is 0 Å². The molecule has 0 aliphatic heterocycles. The molecule has 0 amide bonds. The molecule has 0 bridgehead atoms. The first-order valence-corrected chi connectivity index (χ1v) is 6.03. The van der Waals surface area contributed by atoms with Gasteiger partial charge in [0.15, 0.2) is 0 Å². The monoisotopic (exact) mass is 260 g/mol. The summed E-state index contributed by atoms with van der Waals surface area (Å²) in [6.45, 7) is 0. The zero-order valence-electron chi connectivity index (χ0n) is 9.07. The number of thioether (sulfide) groups is 1. The van der Waals surface area contributed by atoms with Crippen LogP contribution in [0.4, 0.5) is 0 Å². The predicted molar refractivity (Wildman–Crippen MR) is 64.8 cm³/mol. The Kier molecular flexibility index (Phi) is 5.59. The van der Waals surface area contributed by atoms with Crippen LogP contribution < -0.4 is 5.32 Å². The Hall–Kier alpha value is -0.780. The van der Waals surface area contributed by atoms with Gasteiger partial charge in [0.05, 0.1) is 17.2 Å². The molecule has 6 heteroatoms. The molecule has 1 aromatic heterocycles. The highest BCUT2D eigenvalue weighted by Crippen LogP contribution is 2.18. The molecule has 1 atom stereocenters. The molecule has 0 fully saturated rings. The molecular weight excluding hydrogens is 248 g/mol. The van der Waals surface area contributed by atoms with Gasteiger partial charge < -0.3 is 10.1 Å². The number of halogens is 1. The van der Waals surface area contributed by atoms with Gasteiger partial charge in [0.2, 0.25) is 0 Å². The molecule has 1 rings (SSSR count). The topological polar surface area (TPSA) is 51.2 Å². The fourth-order valence-corrected chi connectivity index (χ4v) is 2.07. The van der Waals surface area contributed by atoms with Crippen molar-refractivity contribution in [3.05, 3.63) is 23.4 Å². The highest BCUT2D eigenvalue weighted by atomic mass is 35.5. The Labute approximate surface area is 104 Å². The molecule has 4 nitrogen and oxygen atoms in total. The summed E-state index contributed by atoms with van der Waals surface area (Å²) < 4.78 is 4.65. The summed E-state index contributed by atoms with van der Waals surface area (Å²) in [6.07, 6.45) is 1.58. The van der Waals surface area contributed by atoms with Gasteiger partial charge in [0.25, 0.3) is 0 Å². The number of hydrogen-bond donors (Lipinski definition) is 1. The van der Waals surface area contributed by atoms with Crippen LogP contribution in [0.5, 0.6) is 0 Å². The van der Waals surface area contributed by atoms with Crippen LogP contribution >= 0.6 is 23.4 Å². The van der Waals surface area contributed by atoms with E-state index in [0.717, 1.165) is 5.03 Å². The standard InChI is InChI=1S/C10H13ClN2O2S/c1-12-8(10(14)15-2)6-16-9-4-3-7(11)5-13-9/h3-5,8,12H,6H2,1-2H3. The van der Waals surface area contributed by atoms with Crippen molar-refractivity contribution in [3.8, 4) is 0 Å². The van der Waals surface area contributed by atoms with Gasteiger partial charge in [-0.15, -0.1) is 11.8 Å². The molecule has 0 spiro atoms. The van der Waals surface area contributed by atoms with Crippen molar-refractivity contribution >= 4 is 29.3 Å². The fraction of sp³-hybridized carbons (Fsp3) is 0.400. The Morgan fingerprint density at radius 2 is 2.44 bits per heavy atom. The molecule has 0 saturated heterocycles. The lowest BCUT2D eigenvalue weighted by Crippen LogP contribution is -2.37. The number of aromatic nitrogens is 1. The molecule has 1 aromatic rings. The SMILES string of the molecule is CNC(CSc1ccc(Cl)cn1)C(=O)OC. The first-order valence-electron chi connectivity index (χ1n) is 4.67. The molecule has 1 unspecified atom stereocenters. The van der Waals surface area contributed by atoms with Crippen LogP contribution in [0.15, 0.2) is 23.4 Å². The van der Waals surface area contributed by atoms with Crippen LogP contribution in [-0.4, -0.2) is 36.9 Å². The van der Waals surface area contributed by atoms with E-state index in [2.05, 4.69) is 15.0 Å². The number of carbonyl (C=O) groups excluding carboxylic acids is 1. The lowest BCUT2D eigenvalue weighted by molar-refractivity contribution is -0.142. The van der Waals surface area contributed by atoms with Crippen molar-refractivity contribution in [3.63, 3.8) is 0 Å². The van der Waals surface area contributed by atoms with E-state index in [9.17, 15) is 4.79 Å². The van der Waals surface area contributed by atoms with Crippen molar-refractivity contribution in [2.24, 2.45) is 0 Å². The predicted octanol–water partition coefficient (Wildman–Crippen LogP) is 1.59. The van der Waals surface area contributed by atoms with Gasteiger partial charge in [-0.25, -0.2) is 4.98 Å². The van der Waals surface area contributed by atoms with Gasteiger partial charge in [-0.05, 0) is 19.2 Å². The molecule has 0 saturated carbocycles. The van der Waals surface area contributed by atoms with Gasteiger partial charge >= 0.3 is 5.97 Å². The third kappa shape index (κ3) is 4.00. The minimum absolute atomic E-state index is 0.274. The summed E-state index contributed by atoms with van der Waals surface area (Å²) in [6, 6.07) is 3.26. The first-order chi connectivity index (χ1) is 7.67. The average Bonchev–Trinajstić information content (AvgIpc) is 2.31. The van der Waals surface area contributed by atoms with Crippen molar-refractivity contribution < 1.29 is 9.53 Å². The van der Waals surface area contributed by atoms with Crippen molar-refractivity contribution in [1.82, 2.24) is 10.3 Å². The second-order valence-electron chi connectivity index (χ2n) is 2.99.